The standard InChI is InChI=1S/C15H14NO7P/c1-24(19)22-13-9(17)2-7-6-3-10-11(21-5-20-10)4-8(6)15(18)16-12(7)14(13)23-24/h2-4,9,12-14,17H,5H2,1H3,(H,16,18)/t9-,12+,13+,14-,24?/m0/s1. The van der Waals surface area contributed by atoms with Gasteiger partial charge >= 0.3 is 7.60 Å². The Labute approximate surface area is 136 Å². The van der Waals surface area contributed by atoms with Crippen LogP contribution in [0.15, 0.2) is 18.2 Å². The summed E-state index contributed by atoms with van der Waals surface area (Å²) in [5.74, 6) is 0.766. The van der Waals surface area contributed by atoms with Crippen LogP contribution in [-0.2, 0) is 13.6 Å². The second kappa shape index (κ2) is 4.61. The van der Waals surface area contributed by atoms with Gasteiger partial charge < -0.3 is 19.9 Å². The fourth-order valence-electron chi connectivity index (χ4n) is 3.66. The summed E-state index contributed by atoms with van der Waals surface area (Å²) in [7, 11) is -3.26. The van der Waals surface area contributed by atoms with Crippen molar-refractivity contribution in [3.05, 3.63) is 29.3 Å². The number of aliphatic hydroxyl groups excluding tert-OH is 1. The van der Waals surface area contributed by atoms with Gasteiger partial charge in [-0.05, 0) is 29.3 Å². The van der Waals surface area contributed by atoms with E-state index in [0.29, 0.717) is 28.2 Å². The minimum atomic E-state index is -3.26. The normalized spacial score (nSPS) is 38.8. The van der Waals surface area contributed by atoms with E-state index >= 15 is 0 Å². The van der Waals surface area contributed by atoms with Crippen LogP contribution in [0.3, 0.4) is 0 Å². The number of amides is 1. The quantitative estimate of drug-likeness (QED) is 0.669. The number of benzene rings is 1. The summed E-state index contributed by atoms with van der Waals surface area (Å²) in [6.07, 6.45) is -0.852. The molecular weight excluding hydrogens is 337 g/mol. The Bertz CT molecular complexity index is 850. The number of aliphatic hydroxyl groups is 1. The average molecular weight is 351 g/mol. The highest BCUT2D eigenvalue weighted by molar-refractivity contribution is 7.53. The second-order valence-electron chi connectivity index (χ2n) is 6.23. The van der Waals surface area contributed by atoms with Crippen molar-refractivity contribution in [1.82, 2.24) is 5.32 Å². The Morgan fingerprint density at radius 2 is 1.83 bits per heavy atom. The minimum absolute atomic E-state index is 0.103. The highest BCUT2D eigenvalue weighted by Gasteiger charge is 2.53. The van der Waals surface area contributed by atoms with Gasteiger partial charge in [-0.2, -0.15) is 0 Å². The third-order valence-electron chi connectivity index (χ3n) is 4.66. The lowest BCUT2D eigenvalue weighted by molar-refractivity contribution is 0.0300. The Hall–Kier alpha value is -1.86. The highest BCUT2D eigenvalue weighted by atomic mass is 31.2. The van der Waals surface area contributed by atoms with E-state index in [-0.39, 0.29) is 12.7 Å². The van der Waals surface area contributed by atoms with Gasteiger partial charge in [0.2, 0.25) is 6.79 Å². The molecule has 0 spiro atoms. The zero-order chi connectivity index (χ0) is 16.6. The van der Waals surface area contributed by atoms with Gasteiger partial charge in [0.25, 0.3) is 5.91 Å². The third kappa shape index (κ3) is 1.91. The van der Waals surface area contributed by atoms with Crippen LogP contribution >= 0.6 is 7.60 Å². The molecule has 4 aliphatic rings. The van der Waals surface area contributed by atoms with E-state index in [1.807, 2.05) is 0 Å². The maximum Gasteiger partial charge on any atom is 0.328 e. The van der Waals surface area contributed by atoms with E-state index in [9.17, 15) is 14.5 Å². The summed E-state index contributed by atoms with van der Waals surface area (Å²) in [5.41, 5.74) is 1.78. The molecule has 0 aromatic heterocycles. The molecule has 1 saturated heterocycles. The van der Waals surface area contributed by atoms with Gasteiger partial charge in [0.15, 0.2) is 11.5 Å². The Kier molecular flexibility index (Phi) is 2.78. The number of rotatable bonds is 0. The third-order valence-corrected chi connectivity index (χ3v) is 5.91. The van der Waals surface area contributed by atoms with Crippen LogP contribution in [0, 0.1) is 0 Å². The lowest BCUT2D eigenvalue weighted by atomic mass is 9.79. The predicted molar refractivity (Wildman–Crippen MR) is 81.1 cm³/mol. The molecular formula is C15H14NO7P. The Balaban J connectivity index is 1.65. The number of carbonyl (C=O) groups is 1. The molecule has 3 heterocycles. The van der Waals surface area contributed by atoms with Crippen LogP contribution in [0.2, 0.25) is 0 Å². The van der Waals surface area contributed by atoms with Crippen molar-refractivity contribution >= 4 is 19.1 Å². The zero-order valence-electron chi connectivity index (χ0n) is 12.6. The molecule has 1 amide bonds. The lowest BCUT2D eigenvalue weighted by Crippen LogP contribution is -2.55. The van der Waals surface area contributed by atoms with E-state index in [1.165, 1.54) is 6.66 Å². The Morgan fingerprint density at radius 1 is 1.17 bits per heavy atom. The maximum absolute atomic E-state index is 12.5. The smallest absolute Gasteiger partial charge is 0.328 e. The summed E-state index contributed by atoms with van der Waals surface area (Å²) in [6.45, 7) is 1.46. The largest absolute Gasteiger partial charge is 0.454 e. The van der Waals surface area contributed by atoms with Gasteiger partial charge in [0, 0.05) is 6.66 Å². The highest BCUT2D eigenvalue weighted by Crippen LogP contribution is 2.57. The first-order chi connectivity index (χ1) is 11.4. The van der Waals surface area contributed by atoms with Gasteiger partial charge in [-0.15, -0.1) is 0 Å². The number of nitrogens with one attached hydrogen (secondary N) is 1. The number of hydrogen-bond donors (Lipinski definition) is 2. The summed E-state index contributed by atoms with van der Waals surface area (Å²) in [6, 6.07) is 2.80. The SMILES string of the molecule is CP1(=O)O[C@@H]2[C@H](O1)[C@@H](O)C=C1c3cc4c(cc3C(=O)N[C@H]12)OCO4. The number of hydrogen-bond acceptors (Lipinski definition) is 7. The molecule has 0 bridgehead atoms. The van der Waals surface area contributed by atoms with Crippen molar-refractivity contribution in [3.63, 3.8) is 0 Å². The van der Waals surface area contributed by atoms with E-state index < -0.39 is 31.9 Å². The van der Waals surface area contributed by atoms with E-state index in [4.69, 9.17) is 18.5 Å². The van der Waals surface area contributed by atoms with Crippen molar-refractivity contribution in [3.8, 4) is 11.5 Å². The van der Waals surface area contributed by atoms with Gasteiger partial charge in [-0.3, -0.25) is 18.4 Å². The molecule has 1 fully saturated rings. The molecule has 8 nitrogen and oxygen atoms in total. The molecule has 0 radical (unpaired) electrons. The minimum Gasteiger partial charge on any atom is -0.454 e. The van der Waals surface area contributed by atoms with Crippen molar-refractivity contribution in [2.45, 2.75) is 24.4 Å². The maximum atomic E-state index is 12.5. The van der Waals surface area contributed by atoms with Crippen LogP contribution in [0.5, 0.6) is 11.5 Å². The first-order valence-electron chi connectivity index (χ1n) is 7.52. The summed E-state index contributed by atoms with van der Waals surface area (Å²) < 4.78 is 33.7. The zero-order valence-corrected chi connectivity index (χ0v) is 13.5. The summed E-state index contributed by atoms with van der Waals surface area (Å²) in [5, 5.41) is 13.2. The van der Waals surface area contributed by atoms with E-state index in [1.54, 1.807) is 18.2 Å². The average Bonchev–Trinajstić information content (AvgIpc) is 3.10. The molecule has 24 heavy (non-hydrogen) atoms. The lowest BCUT2D eigenvalue weighted by Gasteiger charge is -2.38. The monoisotopic (exact) mass is 351 g/mol. The number of ether oxygens (including phenoxy) is 2. The molecule has 2 N–H and O–H groups in total. The van der Waals surface area contributed by atoms with Crippen LogP contribution in [0.1, 0.15) is 15.9 Å². The fraction of sp³-hybridized carbons (Fsp3) is 0.400. The topological polar surface area (TPSA) is 103 Å². The van der Waals surface area contributed by atoms with E-state index in [0.717, 1.165) is 0 Å². The fourth-order valence-corrected chi connectivity index (χ4v) is 5.08. The van der Waals surface area contributed by atoms with Crippen molar-refractivity contribution in [2.75, 3.05) is 13.5 Å². The second-order valence-corrected chi connectivity index (χ2v) is 8.19. The van der Waals surface area contributed by atoms with Gasteiger partial charge in [-0.1, -0.05) is 0 Å². The molecule has 3 aliphatic heterocycles. The molecule has 0 saturated carbocycles. The Morgan fingerprint density at radius 3 is 2.58 bits per heavy atom. The molecule has 5 rings (SSSR count). The van der Waals surface area contributed by atoms with Crippen LogP contribution in [0.4, 0.5) is 0 Å². The van der Waals surface area contributed by atoms with Crippen LogP contribution in [-0.4, -0.2) is 48.8 Å². The van der Waals surface area contributed by atoms with Crippen LogP contribution < -0.4 is 14.8 Å². The van der Waals surface area contributed by atoms with E-state index in [2.05, 4.69) is 5.32 Å². The van der Waals surface area contributed by atoms with Crippen molar-refractivity contribution < 1.29 is 33.0 Å². The van der Waals surface area contributed by atoms with Gasteiger partial charge in [-0.25, -0.2) is 0 Å². The molecule has 9 heteroatoms. The van der Waals surface area contributed by atoms with Gasteiger partial charge in [0.1, 0.15) is 18.3 Å². The molecule has 1 aromatic carbocycles. The first kappa shape index (κ1) is 14.5. The summed E-state index contributed by atoms with van der Waals surface area (Å²) in [4.78, 5) is 12.5. The molecule has 1 unspecified atom stereocenters. The first-order valence-corrected chi connectivity index (χ1v) is 9.51. The van der Waals surface area contributed by atoms with Crippen molar-refractivity contribution in [2.24, 2.45) is 0 Å². The van der Waals surface area contributed by atoms with Gasteiger partial charge in [0.05, 0.1) is 11.6 Å². The number of fused-ring (bicyclic) bond motifs is 6. The molecule has 1 aliphatic carbocycles. The molecule has 5 atom stereocenters. The molecule has 1 aromatic rings. The molecule has 126 valence electrons. The predicted octanol–water partition coefficient (Wildman–Crippen LogP) is 0.892. The van der Waals surface area contributed by atoms with Crippen molar-refractivity contribution in [1.29, 1.82) is 0 Å². The summed E-state index contributed by atoms with van der Waals surface area (Å²) >= 11 is 0. The van der Waals surface area contributed by atoms with Crippen LogP contribution in [0.25, 0.3) is 5.57 Å². The number of carbonyl (C=O) groups excluding carboxylic acids is 1.